The number of halogens is 3. The molecular weight excluding hydrogens is 475 g/mol. The molecule has 2 saturated heterocycles. The molecule has 0 spiro atoms. The first-order chi connectivity index (χ1) is 16.4. The van der Waals surface area contributed by atoms with Crippen molar-refractivity contribution in [2.75, 3.05) is 18.5 Å². The Kier molecular flexibility index (Phi) is 6.15. The first-order valence-corrected chi connectivity index (χ1v) is 11.1. The number of aromatic nitrogens is 4. The summed E-state index contributed by atoms with van der Waals surface area (Å²) in [4.78, 5) is 13.3. The van der Waals surface area contributed by atoms with Gasteiger partial charge >= 0.3 is 12.3 Å². The molecule has 178 valence electrons. The van der Waals surface area contributed by atoms with Gasteiger partial charge in [-0.05, 0) is 52.5 Å². The van der Waals surface area contributed by atoms with Crippen molar-refractivity contribution in [1.82, 2.24) is 20.2 Å². The average molecular weight is 493 g/mol. The Labute approximate surface area is 195 Å². The van der Waals surface area contributed by atoms with E-state index < -0.39 is 36.1 Å². The van der Waals surface area contributed by atoms with Gasteiger partial charge in [-0.3, -0.25) is 5.32 Å². The van der Waals surface area contributed by atoms with Gasteiger partial charge in [0.15, 0.2) is 6.10 Å². The highest BCUT2D eigenvalue weighted by atomic mass is 32.2. The molecule has 0 radical (unpaired) electrons. The molecule has 5 rings (SSSR count). The molecule has 1 amide bonds. The molecule has 0 unspecified atom stereocenters. The molecule has 3 aromatic rings. The van der Waals surface area contributed by atoms with E-state index in [-0.39, 0.29) is 24.9 Å². The summed E-state index contributed by atoms with van der Waals surface area (Å²) in [7, 11) is 0. The number of hydrogen-bond donors (Lipinski definition) is 1. The van der Waals surface area contributed by atoms with E-state index in [1.54, 1.807) is 4.68 Å². The zero-order valence-corrected chi connectivity index (χ0v) is 18.2. The lowest BCUT2D eigenvalue weighted by atomic mass is 10.1. The van der Waals surface area contributed by atoms with Crippen molar-refractivity contribution >= 4 is 23.5 Å². The van der Waals surface area contributed by atoms with Gasteiger partial charge in [-0.15, -0.1) is 5.10 Å². The number of anilines is 1. The minimum absolute atomic E-state index is 0.0308. The third kappa shape index (κ3) is 4.72. The van der Waals surface area contributed by atoms with E-state index in [0.29, 0.717) is 5.16 Å². The molecular formula is C21H18F3N5O4S. The number of rotatable bonds is 5. The largest absolute Gasteiger partial charge is 0.441 e. The third-order valence-electron chi connectivity index (χ3n) is 5.41. The molecule has 13 heteroatoms. The van der Waals surface area contributed by atoms with E-state index in [2.05, 4.69) is 20.8 Å². The molecule has 0 bridgehead atoms. The number of ether oxygens (including phenoxy) is 3. The van der Waals surface area contributed by atoms with Crippen LogP contribution in [0.3, 0.4) is 0 Å². The van der Waals surface area contributed by atoms with E-state index in [4.69, 9.17) is 14.2 Å². The number of amides is 1. The number of hydrogen-bond acceptors (Lipinski definition) is 8. The minimum Gasteiger partial charge on any atom is -0.441 e. The average Bonchev–Trinajstić information content (AvgIpc) is 3.52. The summed E-state index contributed by atoms with van der Waals surface area (Å²) in [5.74, 6) is 0. The van der Waals surface area contributed by atoms with Gasteiger partial charge in [0.1, 0.15) is 18.2 Å². The summed E-state index contributed by atoms with van der Waals surface area (Å²) in [5, 5.41) is 14.8. The Hall–Kier alpha value is -3.16. The van der Waals surface area contributed by atoms with Crippen LogP contribution in [-0.2, 0) is 20.4 Å². The first-order valence-electron chi connectivity index (χ1n) is 10.3. The van der Waals surface area contributed by atoms with Crippen LogP contribution in [0.5, 0.6) is 0 Å². The zero-order chi connectivity index (χ0) is 23.7. The first kappa shape index (κ1) is 22.6. The molecule has 1 aromatic heterocycles. The Morgan fingerprint density at radius 3 is 2.68 bits per heavy atom. The fourth-order valence-electron chi connectivity index (χ4n) is 3.87. The maximum Gasteiger partial charge on any atom is 0.416 e. The molecule has 2 aliphatic rings. The van der Waals surface area contributed by atoms with Crippen molar-refractivity contribution < 1.29 is 32.2 Å². The molecule has 0 saturated carbocycles. The molecule has 4 atom stereocenters. The van der Waals surface area contributed by atoms with Gasteiger partial charge in [-0.1, -0.05) is 24.3 Å². The van der Waals surface area contributed by atoms with Crippen LogP contribution < -0.4 is 5.32 Å². The number of tetrazole rings is 1. The zero-order valence-electron chi connectivity index (χ0n) is 17.4. The smallest absolute Gasteiger partial charge is 0.416 e. The minimum atomic E-state index is -4.52. The van der Waals surface area contributed by atoms with Crippen LogP contribution in [0.1, 0.15) is 11.6 Å². The van der Waals surface area contributed by atoms with Crippen LogP contribution in [0.15, 0.2) is 64.6 Å². The van der Waals surface area contributed by atoms with Crippen LogP contribution >= 0.6 is 11.8 Å². The Balaban J connectivity index is 1.22. The van der Waals surface area contributed by atoms with E-state index in [1.807, 2.05) is 30.3 Å². The maximum atomic E-state index is 12.9. The van der Waals surface area contributed by atoms with Crippen LogP contribution in [0.2, 0.25) is 0 Å². The van der Waals surface area contributed by atoms with Crippen LogP contribution in [0.25, 0.3) is 0 Å². The van der Waals surface area contributed by atoms with Crippen molar-refractivity contribution in [2.24, 2.45) is 0 Å². The lowest BCUT2D eigenvalue weighted by Crippen LogP contribution is -2.35. The quantitative estimate of drug-likeness (QED) is 0.573. The number of nitrogens with one attached hydrogen (secondary N) is 1. The van der Waals surface area contributed by atoms with Crippen molar-refractivity contribution in [2.45, 2.75) is 40.6 Å². The lowest BCUT2D eigenvalue weighted by Gasteiger charge is -2.18. The van der Waals surface area contributed by atoms with Gasteiger partial charge in [0.2, 0.25) is 5.16 Å². The van der Waals surface area contributed by atoms with Crippen LogP contribution in [-0.4, -0.2) is 57.8 Å². The van der Waals surface area contributed by atoms with Gasteiger partial charge in [0.25, 0.3) is 0 Å². The second kappa shape index (κ2) is 9.24. The number of fused-ring (bicyclic) bond motifs is 1. The molecule has 34 heavy (non-hydrogen) atoms. The van der Waals surface area contributed by atoms with E-state index >= 15 is 0 Å². The monoisotopic (exact) mass is 493 g/mol. The van der Waals surface area contributed by atoms with Crippen molar-refractivity contribution in [1.29, 1.82) is 0 Å². The maximum absolute atomic E-state index is 12.9. The Morgan fingerprint density at radius 1 is 1.09 bits per heavy atom. The summed E-state index contributed by atoms with van der Waals surface area (Å²) >= 11 is 1.40. The van der Waals surface area contributed by atoms with E-state index in [0.717, 1.165) is 17.0 Å². The fourth-order valence-corrected chi connectivity index (χ4v) is 4.71. The Morgan fingerprint density at radius 2 is 1.88 bits per heavy atom. The van der Waals surface area contributed by atoms with Crippen molar-refractivity contribution in [3.8, 4) is 0 Å². The van der Waals surface area contributed by atoms with Crippen LogP contribution in [0, 0.1) is 0 Å². The molecule has 0 aliphatic carbocycles. The number of nitrogens with zero attached hydrogens (tertiary/aromatic N) is 4. The summed E-state index contributed by atoms with van der Waals surface area (Å²) in [6.07, 6.45) is -7.17. The number of benzene rings is 2. The van der Waals surface area contributed by atoms with Gasteiger partial charge in [-0.2, -0.15) is 13.2 Å². The Bertz CT molecular complexity index is 1160. The van der Waals surface area contributed by atoms with Crippen molar-refractivity contribution in [3.05, 3.63) is 60.2 Å². The molecule has 2 aromatic carbocycles. The van der Waals surface area contributed by atoms with Gasteiger partial charge in [0.05, 0.1) is 18.8 Å². The second-order valence-corrected chi connectivity index (χ2v) is 8.67. The predicted octanol–water partition coefficient (Wildman–Crippen LogP) is 3.80. The van der Waals surface area contributed by atoms with E-state index in [1.165, 1.54) is 23.9 Å². The normalized spacial score (nSPS) is 24.1. The molecule has 2 aliphatic heterocycles. The van der Waals surface area contributed by atoms with Crippen LogP contribution in [0.4, 0.5) is 23.7 Å². The lowest BCUT2D eigenvalue weighted by molar-refractivity contribution is -0.137. The highest BCUT2D eigenvalue weighted by Crippen LogP contribution is 2.38. The number of alkyl halides is 3. The topological polar surface area (TPSA) is 100 Å². The fraction of sp³-hybridized carbons (Fsp3) is 0.333. The highest BCUT2D eigenvalue weighted by Gasteiger charge is 2.51. The second-order valence-electron chi connectivity index (χ2n) is 7.63. The number of carbonyl (C=O) groups is 1. The third-order valence-corrected chi connectivity index (χ3v) is 6.36. The van der Waals surface area contributed by atoms with Gasteiger partial charge < -0.3 is 14.2 Å². The molecule has 1 N–H and O–H groups in total. The summed E-state index contributed by atoms with van der Waals surface area (Å²) in [5.41, 5.74) is -0.904. The highest BCUT2D eigenvalue weighted by molar-refractivity contribution is 7.99. The summed E-state index contributed by atoms with van der Waals surface area (Å²) in [6, 6.07) is 13.6. The van der Waals surface area contributed by atoms with Crippen molar-refractivity contribution in [3.63, 3.8) is 0 Å². The summed E-state index contributed by atoms with van der Waals surface area (Å²) in [6.45, 7) is 0.322. The predicted molar refractivity (Wildman–Crippen MR) is 112 cm³/mol. The molecule has 2 fully saturated rings. The summed E-state index contributed by atoms with van der Waals surface area (Å²) < 4.78 is 57.4. The SMILES string of the molecule is O=C(Nc1cccc(C(F)(F)F)c1)O[C@@H]1CO[C@H]2[C@@H]1OC[C@@H]2n1nnnc1Sc1ccccc1. The van der Waals surface area contributed by atoms with Gasteiger partial charge in [-0.25, -0.2) is 9.48 Å². The standard InChI is InChI=1S/C21H18F3N5O4S/c22-21(23,24)12-5-4-6-13(9-12)25-20(30)33-16-11-32-17-15(10-31-18(16)17)29-19(26-27-28-29)34-14-7-2-1-3-8-14/h1-9,15-18H,10-11H2,(H,25,30)/t15-,16+,17+,18+/m0/s1. The number of carbonyl (C=O) groups excluding carboxylic acids is 1. The molecule has 3 heterocycles. The molecule has 9 nitrogen and oxygen atoms in total. The van der Waals surface area contributed by atoms with E-state index in [9.17, 15) is 18.0 Å². The van der Waals surface area contributed by atoms with Gasteiger partial charge in [0, 0.05) is 10.6 Å².